The van der Waals surface area contributed by atoms with Crippen molar-refractivity contribution in [2.75, 3.05) is 0 Å². The molecule has 6 rings (SSSR count). The van der Waals surface area contributed by atoms with Crippen molar-refractivity contribution in [3.63, 3.8) is 0 Å². The highest BCUT2D eigenvalue weighted by atomic mass is 32.3. The van der Waals surface area contributed by atoms with Crippen LogP contribution in [0.15, 0.2) is 53.6 Å². The molecule has 8 nitrogen and oxygen atoms in total. The molecule has 0 aliphatic heterocycles. The lowest BCUT2D eigenvalue weighted by Gasteiger charge is -2.22. The average Bonchev–Trinajstić information content (AvgIpc) is 3.56. The van der Waals surface area contributed by atoms with Crippen molar-refractivity contribution in [3.8, 4) is 22.9 Å². The van der Waals surface area contributed by atoms with E-state index in [-0.39, 0.29) is 23.1 Å². The molecule has 1 fully saturated rings. The second-order valence-electron chi connectivity index (χ2n) is 10.9. The molecule has 1 aliphatic carbocycles. The maximum atomic E-state index is 14.1. The molecule has 0 amide bonds. The first kappa shape index (κ1) is 26.0. The number of rotatable bonds is 6. The zero-order chi connectivity index (χ0) is 28.2. The Morgan fingerprint density at radius 3 is 2.62 bits per heavy atom. The van der Waals surface area contributed by atoms with Gasteiger partial charge in [0, 0.05) is 34.1 Å². The Morgan fingerprint density at radius 2 is 1.93 bits per heavy atom. The predicted molar refractivity (Wildman–Crippen MR) is 152 cm³/mol. The van der Waals surface area contributed by atoms with Gasteiger partial charge in [0.25, 0.3) is 0 Å². The third-order valence-corrected chi connectivity index (χ3v) is 8.03. The number of aromatic nitrogens is 3. The van der Waals surface area contributed by atoms with E-state index in [1.54, 1.807) is 18.3 Å². The zero-order valence-corrected chi connectivity index (χ0v) is 22.9. The fourth-order valence-electron chi connectivity index (χ4n) is 6.08. The van der Waals surface area contributed by atoms with Gasteiger partial charge in [0.1, 0.15) is 5.65 Å². The standard InChI is InChI=1S/C30H27FN4O4S/c1-17(2)9-19-12-25-27(13-24(19)20-11-22(16-33-15-20)39-40(31,37)38)35(21-5-3-4-6-21)30-28(29(25)36)23-8-7-18(14-32)10-26(23)34-30/h7-8,10-13,15-17,21,34H,3-6,9H2,1-2H3. The van der Waals surface area contributed by atoms with E-state index in [1.807, 2.05) is 18.2 Å². The average molecular weight is 559 g/mol. The highest BCUT2D eigenvalue weighted by Crippen LogP contribution is 2.39. The third kappa shape index (κ3) is 4.60. The summed E-state index contributed by atoms with van der Waals surface area (Å²) in [5.41, 5.74) is 4.84. The van der Waals surface area contributed by atoms with Crippen LogP contribution in [0.2, 0.25) is 0 Å². The lowest BCUT2D eigenvalue weighted by Crippen LogP contribution is -2.15. The number of nitrogens with zero attached hydrogens (tertiary/aromatic N) is 3. The van der Waals surface area contributed by atoms with Crippen LogP contribution in [0.3, 0.4) is 0 Å². The Bertz CT molecular complexity index is 2020. The van der Waals surface area contributed by atoms with Gasteiger partial charge in [0.2, 0.25) is 0 Å². The number of fused-ring (bicyclic) bond motifs is 4. The van der Waals surface area contributed by atoms with Gasteiger partial charge in [-0.1, -0.05) is 36.6 Å². The summed E-state index contributed by atoms with van der Waals surface area (Å²) < 4.78 is 42.2. The first-order chi connectivity index (χ1) is 19.1. The Morgan fingerprint density at radius 1 is 1.15 bits per heavy atom. The highest BCUT2D eigenvalue weighted by Gasteiger charge is 2.25. The van der Waals surface area contributed by atoms with E-state index in [4.69, 9.17) is 0 Å². The van der Waals surface area contributed by atoms with Crippen molar-refractivity contribution in [2.45, 2.75) is 52.0 Å². The van der Waals surface area contributed by atoms with Crippen molar-refractivity contribution in [1.29, 1.82) is 5.26 Å². The number of benzene rings is 2. The van der Waals surface area contributed by atoms with Gasteiger partial charge < -0.3 is 13.7 Å². The van der Waals surface area contributed by atoms with Gasteiger partial charge in [0.15, 0.2) is 11.2 Å². The lowest BCUT2D eigenvalue weighted by molar-refractivity contribution is 0.439. The van der Waals surface area contributed by atoms with Crippen molar-refractivity contribution in [3.05, 3.63) is 70.1 Å². The monoisotopic (exact) mass is 558 g/mol. The fraction of sp³-hybridized carbons (Fsp3) is 0.300. The van der Waals surface area contributed by atoms with Gasteiger partial charge in [-0.15, -0.1) is 0 Å². The van der Waals surface area contributed by atoms with Gasteiger partial charge in [-0.25, -0.2) is 0 Å². The summed E-state index contributed by atoms with van der Waals surface area (Å²) in [6.45, 7) is 4.15. The zero-order valence-electron chi connectivity index (χ0n) is 22.1. The molecule has 2 aromatic carbocycles. The molecule has 0 atom stereocenters. The summed E-state index contributed by atoms with van der Waals surface area (Å²) in [4.78, 5) is 21.7. The minimum Gasteiger partial charge on any atom is -0.357 e. The summed E-state index contributed by atoms with van der Waals surface area (Å²) in [6, 6.07) is 13.0. The second-order valence-corrected chi connectivity index (χ2v) is 11.8. The molecular formula is C30H27FN4O4S. The maximum absolute atomic E-state index is 14.1. The number of halogens is 1. The summed E-state index contributed by atoms with van der Waals surface area (Å²) in [5.74, 6) is 0.0243. The van der Waals surface area contributed by atoms with Crippen LogP contribution < -0.4 is 9.61 Å². The first-order valence-electron chi connectivity index (χ1n) is 13.3. The second kappa shape index (κ2) is 9.75. The molecule has 0 saturated heterocycles. The molecule has 0 bridgehead atoms. The molecule has 3 aromatic heterocycles. The van der Waals surface area contributed by atoms with Crippen LogP contribution >= 0.6 is 0 Å². The van der Waals surface area contributed by atoms with Crippen molar-refractivity contribution in [2.24, 2.45) is 5.92 Å². The molecule has 0 radical (unpaired) electrons. The first-order valence-corrected chi connectivity index (χ1v) is 14.6. The van der Waals surface area contributed by atoms with E-state index < -0.39 is 10.5 Å². The number of hydrogen-bond donors (Lipinski definition) is 1. The molecule has 204 valence electrons. The van der Waals surface area contributed by atoms with Crippen molar-refractivity contribution < 1.29 is 16.5 Å². The van der Waals surface area contributed by atoms with Gasteiger partial charge in [-0.05, 0) is 66.6 Å². The summed E-state index contributed by atoms with van der Waals surface area (Å²) in [6.07, 6.45) is 7.46. The highest BCUT2D eigenvalue weighted by molar-refractivity contribution is 7.81. The largest absolute Gasteiger partial charge is 0.488 e. The van der Waals surface area contributed by atoms with E-state index in [0.717, 1.165) is 65.1 Å². The Labute approximate surface area is 230 Å². The number of pyridine rings is 2. The molecule has 5 aromatic rings. The smallest absolute Gasteiger partial charge is 0.357 e. The van der Waals surface area contributed by atoms with Crippen LogP contribution in [-0.2, 0) is 16.9 Å². The van der Waals surface area contributed by atoms with Gasteiger partial charge in [-0.2, -0.15) is 13.7 Å². The predicted octanol–water partition coefficient (Wildman–Crippen LogP) is 6.48. The number of H-pyrrole nitrogens is 1. The van der Waals surface area contributed by atoms with Crippen LogP contribution in [0.5, 0.6) is 5.75 Å². The molecule has 1 N–H and O–H groups in total. The van der Waals surface area contributed by atoms with Crippen LogP contribution in [-0.4, -0.2) is 23.0 Å². The summed E-state index contributed by atoms with van der Waals surface area (Å²) >= 11 is 0. The Kier molecular flexibility index (Phi) is 6.34. The molecular weight excluding hydrogens is 531 g/mol. The topological polar surface area (TPSA) is 118 Å². The van der Waals surface area contributed by atoms with Crippen molar-refractivity contribution >= 4 is 43.3 Å². The molecule has 40 heavy (non-hydrogen) atoms. The molecule has 0 unspecified atom stereocenters. The quantitative estimate of drug-likeness (QED) is 0.239. The summed E-state index contributed by atoms with van der Waals surface area (Å²) in [5, 5.41) is 11.4. The lowest BCUT2D eigenvalue weighted by atomic mass is 9.92. The minimum absolute atomic E-state index is 0.0921. The van der Waals surface area contributed by atoms with Gasteiger partial charge in [0.05, 0.1) is 28.7 Å². The van der Waals surface area contributed by atoms with Gasteiger partial charge >= 0.3 is 10.5 Å². The SMILES string of the molecule is CC(C)Cc1cc2c(=O)c3c4ccc(C#N)cc4[nH]c3n(C3CCCC3)c2cc1-c1cncc(OS(=O)(=O)F)c1. The Hall–Kier alpha value is -4.23. The van der Waals surface area contributed by atoms with Crippen LogP contribution in [0.1, 0.15) is 56.7 Å². The van der Waals surface area contributed by atoms with Crippen LogP contribution in [0.25, 0.3) is 44.0 Å². The number of hydrogen-bond acceptors (Lipinski definition) is 6. The van der Waals surface area contributed by atoms with E-state index >= 15 is 0 Å². The minimum atomic E-state index is -5.22. The maximum Gasteiger partial charge on any atom is 0.488 e. The number of nitriles is 1. The molecule has 10 heteroatoms. The normalized spacial score (nSPS) is 14.5. The van der Waals surface area contributed by atoms with E-state index in [1.165, 1.54) is 6.07 Å². The van der Waals surface area contributed by atoms with E-state index in [9.17, 15) is 22.4 Å². The molecule has 3 heterocycles. The number of aromatic amines is 1. The van der Waals surface area contributed by atoms with Crippen LogP contribution in [0, 0.1) is 17.2 Å². The molecule has 1 aliphatic rings. The third-order valence-electron chi connectivity index (χ3n) is 7.64. The van der Waals surface area contributed by atoms with E-state index in [2.05, 4.69) is 38.6 Å². The Balaban J connectivity index is 1.71. The van der Waals surface area contributed by atoms with Gasteiger partial charge in [-0.3, -0.25) is 9.78 Å². The fourth-order valence-corrected chi connectivity index (χ4v) is 6.40. The molecule has 0 spiro atoms. The summed E-state index contributed by atoms with van der Waals surface area (Å²) in [7, 11) is -5.22. The van der Waals surface area contributed by atoms with Crippen molar-refractivity contribution in [1.82, 2.24) is 14.5 Å². The van der Waals surface area contributed by atoms with Crippen LogP contribution in [0.4, 0.5) is 3.89 Å². The van der Waals surface area contributed by atoms with E-state index in [0.29, 0.717) is 28.3 Å². The molecule has 1 saturated carbocycles. The number of nitrogens with one attached hydrogen (secondary N) is 1.